The SMILES string of the molecule is CC(=O)N(O)CC(O)COP(C)(O)(O)O.[H-].[H-].[Na+].[Na+]. The molecule has 0 aromatic rings. The maximum Gasteiger partial charge on any atom is 1.00 e. The Labute approximate surface area is 146 Å². The van der Waals surface area contributed by atoms with Gasteiger partial charge in [0.2, 0.25) is 0 Å². The zero-order chi connectivity index (χ0) is 12.3. The van der Waals surface area contributed by atoms with Gasteiger partial charge in [0, 0.05) is 0 Å². The molecule has 0 heterocycles. The van der Waals surface area contributed by atoms with Crippen LogP contribution in [0, 0.1) is 0 Å². The van der Waals surface area contributed by atoms with E-state index >= 15 is 0 Å². The molecule has 0 saturated heterocycles. The van der Waals surface area contributed by atoms with Gasteiger partial charge in [-0.3, -0.25) is 0 Å². The molecular weight excluding hydrogens is 275 g/mol. The summed E-state index contributed by atoms with van der Waals surface area (Å²) in [6, 6.07) is 0. The monoisotopic (exact) mass is 293 g/mol. The van der Waals surface area contributed by atoms with Gasteiger partial charge < -0.3 is 2.85 Å². The number of hydrogen-bond donors (Lipinski definition) is 5. The van der Waals surface area contributed by atoms with Gasteiger partial charge in [-0.2, -0.15) is 0 Å². The van der Waals surface area contributed by atoms with Gasteiger partial charge in [-0.1, -0.05) is 0 Å². The summed E-state index contributed by atoms with van der Waals surface area (Å²) in [5, 5.41) is 18.3. The first-order valence-corrected chi connectivity index (χ1v) is 6.50. The summed E-state index contributed by atoms with van der Waals surface area (Å²) in [5.74, 6) is -0.681. The molecule has 0 rings (SSSR count). The fraction of sp³-hybridized carbons (Fsp3) is 0.833. The van der Waals surface area contributed by atoms with Crippen LogP contribution in [-0.2, 0) is 9.32 Å². The Bertz CT molecular complexity index is 246. The minimum absolute atomic E-state index is 0. The second kappa shape index (κ2) is 8.76. The van der Waals surface area contributed by atoms with Crippen LogP contribution in [-0.4, -0.2) is 61.9 Å². The molecule has 0 aliphatic rings. The van der Waals surface area contributed by atoms with Crippen molar-refractivity contribution in [2.75, 3.05) is 19.8 Å². The molecule has 0 aromatic carbocycles. The third kappa shape index (κ3) is 15.6. The van der Waals surface area contributed by atoms with Crippen LogP contribution in [0.5, 0.6) is 0 Å². The van der Waals surface area contributed by atoms with Crippen molar-refractivity contribution in [1.82, 2.24) is 5.06 Å². The van der Waals surface area contributed by atoms with E-state index in [-0.39, 0.29) is 67.0 Å². The van der Waals surface area contributed by atoms with Gasteiger partial charge >= 0.3 is 145 Å². The molecule has 17 heavy (non-hydrogen) atoms. The van der Waals surface area contributed by atoms with Gasteiger partial charge in [0.05, 0.1) is 0 Å². The van der Waals surface area contributed by atoms with Crippen LogP contribution in [0.4, 0.5) is 0 Å². The van der Waals surface area contributed by atoms with Crippen LogP contribution in [0.15, 0.2) is 0 Å². The largest absolute Gasteiger partial charge is 1.00 e. The number of hydroxylamine groups is 2. The summed E-state index contributed by atoms with van der Waals surface area (Å²) in [7, 11) is -5.10. The van der Waals surface area contributed by atoms with E-state index in [1.165, 1.54) is 0 Å². The van der Waals surface area contributed by atoms with E-state index in [4.69, 9.17) is 25.0 Å². The molecule has 96 valence electrons. The Balaban J connectivity index is -0.000000163. The van der Waals surface area contributed by atoms with Crippen molar-refractivity contribution in [3.8, 4) is 0 Å². The molecular formula is C6H18NNa2O7P. The number of hydrogen-bond acceptors (Lipinski definition) is 7. The molecule has 0 saturated carbocycles. The van der Waals surface area contributed by atoms with Crippen LogP contribution < -0.4 is 59.1 Å². The Morgan fingerprint density at radius 2 is 1.82 bits per heavy atom. The van der Waals surface area contributed by atoms with Crippen molar-refractivity contribution in [2.24, 2.45) is 0 Å². The Morgan fingerprint density at radius 3 is 2.12 bits per heavy atom. The predicted octanol–water partition coefficient (Wildman–Crippen LogP) is -7.35. The summed E-state index contributed by atoms with van der Waals surface area (Å²) in [6.07, 6.45) is -1.34. The Morgan fingerprint density at radius 1 is 1.41 bits per heavy atom. The number of rotatable bonds is 5. The van der Waals surface area contributed by atoms with Gasteiger partial charge in [0.1, 0.15) is 0 Å². The summed E-state index contributed by atoms with van der Waals surface area (Å²) in [4.78, 5) is 37.0. The van der Waals surface area contributed by atoms with Crippen LogP contribution >= 0.6 is 7.51 Å². The molecule has 8 nitrogen and oxygen atoms in total. The van der Waals surface area contributed by atoms with Crippen LogP contribution in [0.3, 0.4) is 0 Å². The first-order chi connectivity index (χ1) is 6.47. The molecule has 0 fully saturated rings. The average Bonchev–Trinajstić information content (AvgIpc) is 1.98. The summed E-state index contributed by atoms with van der Waals surface area (Å²) < 4.78 is 4.26. The van der Waals surface area contributed by atoms with Gasteiger partial charge in [-0.25, -0.2) is 0 Å². The van der Waals surface area contributed by atoms with E-state index in [9.17, 15) is 4.79 Å². The minimum atomic E-state index is -5.10. The molecule has 1 unspecified atom stereocenters. The molecule has 0 radical (unpaired) electrons. The second-order valence-corrected chi connectivity index (χ2v) is 6.20. The topological polar surface area (TPSA) is 131 Å². The zero-order valence-electron chi connectivity index (χ0n) is 12.4. The third-order valence-corrected chi connectivity index (χ3v) is 2.07. The average molecular weight is 293 g/mol. The maximum atomic E-state index is 10.5. The molecule has 0 aliphatic heterocycles. The molecule has 1 atom stereocenters. The number of carbonyl (C=O) groups is 1. The van der Waals surface area contributed by atoms with E-state index in [2.05, 4.69) is 4.52 Å². The first kappa shape index (κ1) is 23.7. The fourth-order valence-electron chi connectivity index (χ4n) is 0.641. The standard InChI is InChI=1S/C6H16NO7P.2Na.2H/c1-5(8)7(10)3-6(9)4-14-15(2,11,12)13;;;;/h6,9-13H,3-4H2,1-2H3;;;;/q;2*+1;2*-1. The number of amides is 1. The first-order valence-electron chi connectivity index (χ1n) is 4.04. The summed E-state index contributed by atoms with van der Waals surface area (Å²) >= 11 is 0. The summed E-state index contributed by atoms with van der Waals surface area (Å²) in [6.45, 7) is 0.682. The van der Waals surface area contributed by atoms with Gasteiger partial charge in [0.25, 0.3) is 0 Å². The third-order valence-electron chi connectivity index (χ3n) is 1.32. The molecule has 0 aromatic heterocycles. The van der Waals surface area contributed by atoms with Crippen LogP contribution in [0.1, 0.15) is 9.78 Å². The molecule has 0 bridgehead atoms. The fourth-order valence-corrected chi connectivity index (χ4v) is 1.16. The van der Waals surface area contributed by atoms with E-state index in [1.54, 1.807) is 0 Å². The molecule has 0 spiro atoms. The minimum Gasteiger partial charge on any atom is -1.00 e. The van der Waals surface area contributed by atoms with E-state index < -0.39 is 32.7 Å². The van der Waals surface area contributed by atoms with Crippen molar-refractivity contribution in [2.45, 2.75) is 13.0 Å². The van der Waals surface area contributed by atoms with Crippen molar-refractivity contribution in [3.05, 3.63) is 0 Å². The van der Waals surface area contributed by atoms with Crippen LogP contribution in [0.25, 0.3) is 0 Å². The summed E-state index contributed by atoms with van der Waals surface area (Å²) in [5.41, 5.74) is 0. The quantitative estimate of drug-likeness (QED) is 0.147. The van der Waals surface area contributed by atoms with E-state index in [0.717, 1.165) is 6.92 Å². The molecule has 1 amide bonds. The van der Waals surface area contributed by atoms with E-state index in [1.807, 2.05) is 0 Å². The molecule has 11 heteroatoms. The van der Waals surface area contributed by atoms with Gasteiger partial charge in [0.15, 0.2) is 0 Å². The van der Waals surface area contributed by atoms with Gasteiger partial charge in [-0.15, -0.1) is 0 Å². The number of aliphatic hydroxyl groups excluding tert-OH is 1. The maximum absolute atomic E-state index is 10.5. The van der Waals surface area contributed by atoms with E-state index in [0.29, 0.717) is 6.66 Å². The molecule has 5 N–H and O–H groups in total. The smallest absolute Gasteiger partial charge is 1.00 e. The van der Waals surface area contributed by atoms with Gasteiger partial charge in [-0.05, 0) is 0 Å². The predicted molar refractivity (Wildman–Crippen MR) is 52.9 cm³/mol. The van der Waals surface area contributed by atoms with Crippen molar-refractivity contribution in [3.63, 3.8) is 0 Å². The van der Waals surface area contributed by atoms with Crippen molar-refractivity contribution >= 4 is 13.4 Å². The normalized spacial score (nSPS) is 14.6. The number of nitrogens with zero attached hydrogens (tertiary/aromatic N) is 1. The van der Waals surface area contributed by atoms with Crippen molar-refractivity contribution < 1.29 is 96.3 Å². The second-order valence-electron chi connectivity index (χ2n) is 3.35. The molecule has 0 aliphatic carbocycles. The number of aliphatic hydroxyl groups is 1. The Kier molecular flexibility index (Phi) is 12.2. The number of carbonyl (C=O) groups excluding carboxylic acids is 1. The van der Waals surface area contributed by atoms with Crippen LogP contribution in [0.2, 0.25) is 0 Å². The zero-order valence-corrected chi connectivity index (χ0v) is 15.3. The van der Waals surface area contributed by atoms with Crippen molar-refractivity contribution in [1.29, 1.82) is 0 Å². The Hall–Kier alpha value is 1.66.